The van der Waals surface area contributed by atoms with Crippen LogP contribution in [0.1, 0.15) is 17.9 Å². The van der Waals surface area contributed by atoms with Crippen molar-refractivity contribution in [3.8, 4) is 5.88 Å². The summed E-state index contributed by atoms with van der Waals surface area (Å²) in [5.41, 5.74) is 0.894. The quantitative estimate of drug-likeness (QED) is 0.832. The Morgan fingerprint density at radius 1 is 1.21 bits per heavy atom. The minimum Gasteiger partial charge on any atom is -0.465 e. The number of hydrogen-bond donors (Lipinski definition) is 0. The minimum absolute atomic E-state index is 0.0314. The molecule has 1 aliphatic rings. The Hall–Kier alpha value is -2.64. The maximum Gasteiger partial charge on any atom is 0.260 e. The number of carbonyl (C=O) groups excluding carboxylic acids is 1. The van der Waals surface area contributed by atoms with Crippen molar-refractivity contribution in [2.75, 3.05) is 37.7 Å². The van der Waals surface area contributed by atoms with Gasteiger partial charge in [0.1, 0.15) is 5.76 Å². The summed E-state index contributed by atoms with van der Waals surface area (Å²) < 4.78 is 10.3. The summed E-state index contributed by atoms with van der Waals surface area (Å²) in [7, 11) is 0. The van der Waals surface area contributed by atoms with Crippen LogP contribution in [-0.2, 0) is 4.79 Å². The number of ether oxygens (including phenoxy) is 1. The van der Waals surface area contributed by atoms with Gasteiger partial charge in [0.05, 0.1) is 5.69 Å². The Bertz CT molecular complexity index is 685. The van der Waals surface area contributed by atoms with Gasteiger partial charge in [0.25, 0.3) is 11.8 Å². The molecule has 0 aliphatic carbocycles. The van der Waals surface area contributed by atoms with Gasteiger partial charge in [0.2, 0.25) is 0 Å². The number of nitrogens with zero attached hydrogens (tertiary/aromatic N) is 5. The summed E-state index contributed by atoms with van der Waals surface area (Å²) in [5.74, 6) is 1.80. The van der Waals surface area contributed by atoms with Crippen molar-refractivity contribution in [2.45, 2.75) is 20.3 Å². The van der Waals surface area contributed by atoms with Crippen molar-refractivity contribution >= 4 is 11.7 Å². The molecule has 1 fully saturated rings. The van der Waals surface area contributed by atoms with E-state index in [-0.39, 0.29) is 12.5 Å². The maximum atomic E-state index is 12.3. The van der Waals surface area contributed by atoms with E-state index in [9.17, 15) is 4.79 Å². The van der Waals surface area contributed by atoms with Crippen LogP contribution in [0.15, 0.2) is 22.7 Å². The zero-order valence-corrected chi connectivity index (χ0v) is 13.9. The first-order valence-corrected chi connectivity index (χ1v) is 8.01. The van der Waals surface area contributed by atoms with Gasteiger partial charge in [0.15, 0.2) is 12.4 Å². The summed E-state index contributed by atoms with van der Waals surface area (Å²) in [6.45, 7) is 6.58. The Labute approximate surface area is 140 Å². The lowest BCUT2D eigenvalue weighted by Crippen LogP contribution is -2.38. The van der Waals surface area contributed by atoms with Crippen LogP contribution < -0.4 is 9.64 Å². The van der Waals surface area contributed by atoms with Gasteiger partial charge in [-0.1, -0.05) is 0 Å². The molecule has 0 aromatic carbocycles. The third-order valence-electron chi connectivity index (χ3n) is 3.91. The van der Waals surface area contributed by atoms with Crippen LogP contribution in [0.4, 0.5) is 5.82 Å². The van der Waals surface area contributed by atoms with Crippen LogP contribution in [0.5, 0.6) is 5.88 Å². The molecule has 0 unspecified atom stereocenters. The first-order valence-electron chi connectivity index (χ1n) is 8.01. The number of carbonyl (C=O) groups is 1. The van der Waals surface area contributed by atoms with Gasteiger partial charge in [-0.15, -0.1) is 5.10 Å². The molecule has 1 saturated heterocycles. The molecule has 0 saturated carbocycles. The van der Waals surface area contributed by atoms with Gasteiger partial charge in [0, 0.05) is 32.2 Å². The van der Waals surface area contributed by atoms with E-state index < -0.39 is 0 Å². The van der Waals surface area contributed by atoms with Crippen LogP contribution in [0.2, 0.25) is 0 Å². The molecule has 3 rings (SSSR count). The standard InChI is InChI=1S/C16H21N5O3/c1-12-4-5-14(18-17-12)20-6-3-7-21(9-8-20)16(22)11-23-15-10-13(2)24-19-15/h4-5,10H,3,6-9,11H2,1-2H3. The van der Waals surface area contributed by atoms with Crippen molar-refractivity contribution in [1.29, 1.82) is 0 Å². The fraction of sp³-hybridized carbons (Fsp3) is 0.500. The first-order chi connectivity index (χ1) is 11.6. The molecule has 1 amide bonds. The topological polar surface area (TPSA) is 84.6 Å². The lowest BCUT2D eigenvalue weighted by molar-refractivity contribution is -0.133. The summed E-state index contributed by atoms with van der Waals surface area (Å²) >= 11 is 0. The van der Waals surface area contributed by atoms with E-state index in [0.717, 1.165) is 31.0 Å². The average molecular weight is 331 g/mol. The first kappa shape index (κ1) is 16.2. The molecule has 0 bridgehead atoms. The molecule has 1 aliphatic heterocycles. The predicted molar refractivity (Wildman–Crippen MR) is 86.9 cm³/mol. The van der Waals surface area contributed by atoms with E-state index in [1.807, 2.05) is 24.0 Å². The van der Waals surface area contributed by atoms with Crippen LogP contribution in [0, 0.1) is 13.8 Å². The molecule has 0 atom stereocenters. The molecule has 8 heteroatoms. The highest BCUT2D eigenvalue weighted by Gasteiger charge is 2.20. The van der Waals surface area contributed by atoms with E-state index in [4.69, 9.17) is 9.26 Å². The lowest BCUT2D eigenvalue weighted by Gasteiger charge is -2.22. The molecule has 2 aromatic heterocycles. The van der Waals surface area contributed by atoms with Crippen molar-refractivity contribution in [1.82, 2.24) is 20.3 Å². The van der Waals surface area contributed by atoms with Crippen molar-refractivity contribution < 1.29 is 14.1 Å². The average Bonchev–Trinajstić information content (AvgIpc) is 2.84. The molecular formula is C16H21N5O3. The molecule has 0 spiro atoms. The smallest absolute Gasteiger partial charge is 0.260 e. The van der Waals surface area contributed by atoms with E-state index in [2.05, 4.69) is 20.3 Å². The monoisotopic (exact) mass is 331 g/mol. The maximum absolute atomic E-state index is 12.3. The lowest BCUT2D eigenvalue weighted by atomic mass is 10.3. The predicted octanol–water partition coefficient (Wildman–Crippen LogP) is 1.20. The Kier molecular flexibility index (Phi) is 4.93. The Balaban J connectivity index is 1.52. The highest BCUT2D eigenvalue weighted by Crippen LogP contribution is 2.14. The van der Waals surface area contributed by atoms with Gasteiger partial charge < -0.3 is 19.1 Å². The number of amides is 1. The fourth-order valence-electron chi connectivity index (χ4n) is 2.60. The second-order valence-electron chi connectivity index (χ2n) is 5.82. The van der Waals surface area contributed by atoms with E-state index in [1.165, 1.54) is 0 Å². The number of rotatable bonds is 4. The van der Waals surface area contributed by atoms with Gasteiger partial charge in [-0.3, -0.25) is 4.79 Å². The van der Waals surface area contributed by atoms with Gasteiger partial charge in [-0.2, -0.15) is 5.10 Å². The van der Waals surface area contributed by atoms with Gasteiger partial charge >= 0.3 is 0 Å². The third-order valence-corrected chi connectivity index (χ3v) is 3.91. The molecule has 3 heterocycles. The van der Waals surface area contributed by atoms with Crippen molar-refractivity contribution in [3.05, 3.63) is 29.7 Å². The summed E-state index contributed by atoms with van der Waals surface area (Å²) in [6, 6.07) is 5.58. The number of hydrogen-bond acceptors (Lipinski definition) is 7. The van der Waals surface area contributed by atoms with Crippen LogP contribution in [0.25, 0.3) is 0 Å². The minimum atomic E-state index is -0.0486. The highest BCUT2D eigenvalue weighted by molar-refractivity contribution is 5.77. The van der Waals surface area contributed by atoms with E-state index in [0.29, 0.717) is 24.7 Å². The Morgan fingerprint density at radius 2 is 2.08 bits per heavy atom. The summed E-state index contributed by atoms with van der Waals surface area (Å²) in [4.78, 5) is 16.3. The highest BCUT2D eigenvalue weighted by atomic mass is 16.5. The van der Waals surface area contributed by atoms with E-state index in [1.54, 1.807) is 13.0 Å². The third kappa shape index (κ3) is 4.01. The molecule has 0 radical (unpaired) electrons. The van der Waals surface area contributed by atoms with Crippen molar-refractivity contribution in [2.24, 2.45) is 0 Å². The Morgan fingerprint density at radius 3 is 2.79 bits per heavy atom. The van der Waals surface area contributed by atoms with Crippen LogP contribution in [0.3, 0.4) is 0 Å². The number of anilines is 1. The second kappa shape index (κ2) is 7.29. The SMILES string of the molecule is Cc1ccc(N2CCCN(C(=O)COc3cc(C)on3)CC2)nn1. The molecule has 24 heavy (non-hydrogen) atoms. The molecule has 128 valence electrons. The second-order valence-corrected chi connectivity index (χ2v) is 5.82. The number of aromatic nitrogens is 3. The van der Waals surface area contributed by atoms with Gasteiger partial charge in [-0.25, -0.2) is 0 Å². The van der Waals surface area contributed by atoms with E-state index >= 15 is 0 Å². The molecule has 8 nitrogen and oxygen atoms in total. The molecule has 2 aromatic rings. The number of aryl methyl sites for hydroxylation is 2. The van der Waals surface area contributed by atoms with Gasteiger partial charge in [-0.05, 0) is 37.6 Å². The van der Waals surface area contributed by atoms with Crippen LogP contribution in [-0.4, -0.2) is 58.9 Å². The molecular weight excluding hydrogens is 310 g/mol. The largest absolute Gasteiger partial charge is 0.465 e. The zero-order valence-electron chi connectivity index (χ0n) is 13.9. The summed E-state index contributed by atoms with van der Waals surface area (Å²) in [6.07, 6.45) is 0.879. The zero-order chi connectivity index (χ0) is 16.9. The fourth-order valence-corrected chi connectivity index (χ4v) is 2.60. The van der Waals surface area contributed by atoms with Crippen LogP contribution >= 0.6 is 0 Å². The summed E-state index contributed by atoms with van der Waals surface area (Å²) in [5, 5.41) is 12.0. The normalized spacial score (nSPS) is 15.2. The van der Waals surface area contributed by atoms with Crippen molar-refractivity contribution in [3.63, 3.8) is 0 Å². The molecule has 0 N–H and O–H groups in total.